The zero-order chi connectivity index (χ0) is 14.0. The van der Waals surface area contributed by atoms with Gasteiger partial charge in [-0.3, -0.25) is 0 Å². The zero-order valence-corrected chi connectivity index (χ0v) is 12.4. The number of hydrogen-bond donors (Lipinski definition) is 2. The fourth-order valence-electron chi connectivity index (χ4n) is 1.94. The number of rotatable bonds is 3. The van der Waals surface area contributed by atoms with Crippen molar-refractivity contribution in [1.29, 1.82) is 0 Å². The van der Waals surface area contributed by atoms with Crippen LogP contribution < -0.4 is 5.32 Å². The van der Waals surface area contributed by atoms with Gasteiger partial charge in [-0.25, -0.2) is 4.39 Å². The Kier molecular flexibility index (Phi) is 4.10. The Labute approximate surface area is 120 Å². The molecular formula is C15H15BrFNO. The maximum Gasteiger partial charge on any atom is 0.123 e. The van der Waals surface area contributed by atoms with Crippen molar-refractivity contribution in [3.8, 4) is 5.75 Å². The fourth-order valence-corrected chi connectivity index (χ4v) is 2.17. The first-order valence-electron chi connectivity index (χ1n) is 5.95. The minimum Gasteiger partial charge on any atom is -0.508 e. The van der Waals surface area contributed by atoms with Crippen molar-refractivity contribution < 1.29 is 9.50 Å². The van der Waals surface area contributed by atoms with Gasteiger partial charge in [0, 0.05) is 22.3 Å². The van der Waals surface area contributed by atoms with E-state index in [2.05, 4.69) is 21.2 Å². The molecule has 0 saturated carbocycles. The van der Waals surface area contributed by atoms with Crippen LogP contribution in [0.25, 0.3) is 0 Å². The van der Waals surface area contributed by atoms with Gasteiger partial charge in [0.15, 0.2) is 0 Å². The first-order chi connectivity index (χ1) is 8.97. The summed E-state index contributed by atoms with van der Waals surface area (Å²) in [5.74, 6) is -0.253. The summed E-state index contributed by atoms with van der Waals surface area (Å²) in [6, 6.07) is 7.96. The summed E-state index contributed by atoms with van der Waals surface area (Å²) < 4.78 is 14.2. The van der Waals surface area contributed by atoms with Gasteiger partial charge >= 0.3 is 0 Å². The van der Waals surface area contributed by atoms with Gasteiger partial charge in [-0.15, -0.1) is 0 Å². The number of phenolic OH excluding ortho intramolecular Hbond substituents is 1. The third-order valence-corrected chi connectivity index (χ3v) is 4.21. The number of nitrogens with one attached hydrogen (secondary N) is 1. The van der Waals surface area contributed by atoms with E-state index in [0.29, 0.717) is 12.1 Å². The Morgan fingerprint density at radius 2 is 1.79 bits per heavy atom. The summed E-state index contributed by atoms with van der Waals surface area (Å²) in [5.41, 5.74) is 3.75. The lowest BCUT2D eigenvalue weighted by Gasteiger charge is -2.11. The number of anilines is 1. The lowest BCUT2D eigenvalue weighted by Crippen LogP contribution is -2.01. The second-order valence-corrected chi connectivity index (χ2v) is 5.34. The molecule has 2 aromatic rings. The van der Waals surface area contributed by atoms with Gasteiger partial charge in [0.05, 0.1) is 0 Å². The van der Waals surface area contributed by atoms with Crippen molar-refractivity contribution in [3.05, 3.63) is 57.3 Å². The molecule has 2 nitrogen and oxygen atoms in total. The molecule has 0 aromatic heterocycles. The lowest BCUT2D eigenvalue weighted by atomic mass is 10.1. The monoisotopic (exact) mass is 323 g/mol. The topological polar surface area (TPSA) is 32.3 Å². The Balaban J connectivity index is 2.17. The molecule has 0 amide bonds. The van der Waals surface area contributed by atoms with Gasteiger partial charge in [-0.1, -0.05) is 15.9 Å². The Morgan fingerprint density at radius 3 is 2.42 bits per heavy atom. The molecule has 0 fully saturated rings. The van der Waals surface area contributed by atoms with Crippen LogP contribution in [0.3, 0.4) is 0 Å². The molecule has 4 heteroatoms. The normalized spacial score (nSPS) is 10.5. The highest BCUT2D eigenvalue weighted by Gasteiger charge is 2.05. The maximum absolute atomic E-state index is 13.1. The molecule has 0 bridgehead atoms. The number of benzene rings is 2. The first kappa shape index (κ1) is 13.9. The molecule has 0 radical (unpaired) electrons. The van der Waals surface area contributed by atoms with E-state index in [0.717, 1.165) is 21.3 Å². The summed E-state index contributed by atoms with van der Waals surface area (Å²) in [6.45, 7) is 4.41. The predicted octanol–water partition coefficient (Wildman–Crippen LogP) is 4.52. The van der Waals surface area contributed by atoms with Gasteiger partial charge in [0.25, 0.3) is 0 Å². The molecule has 0 aliphatic carbocycles. The average Bonchev–Trinajstić information content (AvgIpc) is 2.37. The molecule has 0 spiro atoms. The number of halogens is 2. The van der Waals surface area contributed by atoms with E-state index >= 15 is 0 Å². The van der Waals surface area contributed by atoms with E-state index < -0.39 is 0 Å². The summed E-state index contributed by atoms with van der Waals surface area (Å²) in [6.07, 6.45) is 0. The molecular weight excluding hydrogens is 309 g/mol. The van der Waals surface area contributed by atoms with Crippen LogP contribution in [-0.4, -0.2) is 5.11 Å². The standard InChI is InChI=1S/C15H15BrFNO/c1-9-5-13(6-10(2)15(9)16)18-8-11-7-12(17)3-4-14(11)19/h3-7,18-19H,8H2,1-2H3. The molecule has 2 N–H and O–H groups in total. The van der Waals surface area contributed by atoms with Crippen LogP contribution in [0.1, 0.15) is 16.7 Å². The van der Waals surface area contributed by atoms with Gasteiger partial charge in [0.2, 0.25) is 0 Å². The molecule has 0 heterocycles. The maximum atomic E-state index is 13.1. The third-order valence-electron chi connectivity index (χ3n) is 2.96. The van der Waals surface area contributed by atoms with Crippen molar-refractivity contribution in [3.63, 3.8) is 0 Å². The Bertz CT molecular complexity index is 590. The molecule has 100 valence electrons. The number of hydrogen-bond acceptors (Lipinski definition) is 2. The summed E-state index contributed by atoms with van der Waals surface area (Å²) in [7, 11) is 0. The van der Waals surface area contributed by atoms with E-state index in [1.165, 1.54) is 18.2 Å². The summed E-state index contributed by atoms with van der Waals surface area (Å²) in [4.78, 5) is 0. The van der Waals surface area contributed by atoms with E-state index in [9.17, 15) is 9.50 Å². The second-order valence-electron chi connectivity index (χ2n) is 4.55. The quantitative estimate of drug-likeness (QED) is 0.870. The van der Waals surface area contributed by atoms with E-state index in [-0.39, 0.29) is 11.6 Å². The van der Waals surface area contributed by atoms with Crippen LogP contribution in [0.15, 0.2) is 34.8 Å². The van der Waals surface area contributed by atoms with Gasteiger partial charge in [0.1, 0.15) is 11.6 Å². The second kappa shape index (κ2) is 5.61. The van der Waals surface area contributed by atoms with E-state index in [4.69, 9.17) is 0 Å². The zero-order valence-electron chi connectivity index (χ0n) is 10.8. The lowest BCUT2D eigenvalue weighted by molar-refractivity contribution is 0.466. The van der Waals surface area contributed by atoms with Gasteiger partial charge in [-0.05, 0) is 55.3 Å². The van der Waals surface area contributed by atoms with Crippen molar-refractivity contribution in [2.45, 2.75) is 20.4 Å². The van der Waals surface area contributed by atoms with Crippen molar-refractivity contribution in [2.24, 2.45) is 0 Å². The van der Waals surface area contributed by atoms with Crippen molar-refractivity contribution >= 4 is 21.6 Å². The average molecular weight is 324 g/mol. The number of aryl methyl sites for hydroxylation is 2. The van der Waals surface area contributed by atoms with Crippen LogP contribution >= 0.6 is 15.9 Å². The van der Waals surface area contributed by atoms with Gasteiger partial charge < -0.3 is 10.4 Å². The minimum atomic E-state index is -0.349. The van der Waals surface area contributed by atoms with Crippen LogP contribution in [0, 0.1) is 19.7 Å². The van der Waals surface area contributed by atoms with Crippen molar-refractivity contribution in [2.75, 3.05) is 5.32 Å². The van der Waals surface area contributed by atoms with Gasteiger partial charge in [-0.2, -0.15) is 0 Å². The number of phenols is 1. The molecule has 0 aliphatic heterocycles. The Hall–Kier alpha value is -1.55. The summed E-state index contributed by atoms with van der Waals surface area (Å²) in [5, 5.41) is 12.8. The van der Waals surface area contributed by atoms with E-state index in [1.54, 1.807) is 0 Å². The molecule has 2 rings (SSSR count). The van der Waals surface area contributed by atoms with Crippen molar-refractivity contribution in [1.82, 2.24) is 0 Å². The molecule has 0 atom stereocenters. The molecule has 0 unspecified atom stereocenters. The van der Waals surface area contributed by atoms with Crippen LogP contribution in [0.4, 0.5) is 10.1 Å². The molecule has 0 saturated heterocycles. The SMILES string of the molecule is Cc1cc(NCc2cc(F)ccc2O)cc(C)c1Br. The third kappa shape index (κ3) is 3.26. The molecule has 19 heavy (non-hydrogen) atoms. The highest BCUT2D eigenvalue weighted by Crippen LogP contribution is 2.26. The fraction of sp³-hybridized carbons (Fsp3) is 0.200. The first-order valence-corrected chi connectivity index (χ1v) is 6.74. The molecule has 2 aromatic carbocycles. The highest BCUT2D eigenvalue weighted by molar-refractivity contribution is 9.10. The summed E-state index contributed by atoms with van der Waals surface area (Å²) >= 11 is 3.51. The highest BCUT2D eigenvalue weighted by atomic mass is 79.9. The van der Waals surface area contributed by atoms with E-state index in [1.807, 2.05) is 26.0 Å². The van der Waals surface area contributed by atoms with Crippen LogP contribution in [-0.2, 0) is 6.54 Å². The largest absolute Gasteiger partial charge is 0.508 e. The number of aromatic hydroxyl groups is 1. The van der Waals surface area contributed by atoms with Crippen LogP contribution in [0.2, 0.25) is 0 Å². The minimum absolute atomic E-state index is 0.0967. The smallest absolute Gasteiger partial charge is 0.123 e. The van der Waals surface area contributed by atoms with Crippen LogP contribution in [0.5, 0.6) is 5.75 Å². The molecule has 0 aliphatic rings. The Morgan fingerprint density at radius 1 is 1.16 bits per heavy atom. The predicted molar refractivity (Wildman–Crippen MR) is 79.0 cm³/mol.